The highest BCUT2D eigenvalue weighted by atomic mass is 19.1. The van der Waals surface area contributed by atoms with Crippen molar-refractivity contribution >= 4 is 17.6 Å². The molecule has 0 unspecified atom stereocenters. The van der Waals surface area contributed by atoms with E-state index in [4.69, 9.17) is 0 Å². The molecule has 3 aliphatic rings. The van der Waals surface area contributed by atoms with Crippen LogP contribution in [0.5, 0.6) is 0 Å². The number of anilines is 1. The second kappa shape index (κ2) is 9.44. The lowest BCUT2D eigenvalue weighted by molar-refractivity contribution is -0.144. The van der Waals surface area contributed by atoms with E-state index in [9.17, 15) is 19.1 Å². The van der Waals surface area contributed by atoms with Crippen LogP contribution in [-0.2, 0) is 9.59 Å². The number of piperidine rings is 2. The molecule has 0 aliphatic carbocycles. The monoisotopic (exact) mass is 477 g/mol. The highest BCUT2D eigenvalue weighted by molar-refractivity contribution is 5.86. The predicted molar refractivity (Wildman–Crippen MR) is 127 cm³/mol. The van der Waals surface area contributed by atoms with E-state index in [1.54, 1.807) is 11.0 Å². The molecule has 0 radical (unpaired) electrons. The second-order valence-corrected chi connectivity index (χ2v) is 11.2. The number of alkyl halides is 1. The number of carbonyl (C=O) groups excluding carboxylic acids is 1. The highest BCUT2D eigenvalue weighted by Crippen LogP contribution is 2.39. The van der Waals surface area contributed by atoms with Crippen molar-refractivity contribution < 1.29 is 23.5 Å². The van der Waals surface area contributed by atoms with Crippen molar-refractivity contribution in [2.45, 2.75) is 70.0 Å². The van der Waals surface area contributed by atoms with Gasteiger partial charge in [-0.2, -0.15) is 0 Å². The number of carbonyl (C=O) groups is 2. The Hall–Kier alpha value is -2.22. The van der Waals surface area contributed by atoms with Crippen LogP contribution in [-0.4, -0.2) is 77.3 Å². The molecule has 0 bridgehead atoms. The maximum absolute atomic E-state index is 15.6. The van der Waals surface area contributed by atoms with Crippen LogP contribution in [0.3, 0.4) is 0 Å². The van der Waals surface area contributed by atoms with Gasteiger partial charge < -0.3 is 14.9 Å². The Balaban J connectivity index is 1.41. The standard InChI is InChI=1S/C26H37F2N3O3/c1-25(2,3)31-15-10-26(28,17-31)24(34)30-13-6-18(7-14-30)21-5-4-20(27)16-22(21)29-11-8-19(9-12-29)23(32)33/h4-5,16,18-19H,6-15,17H2,1-3H3,(H,32,33)/t26-/m1/s1. The number of rotatable bonds is 4. The first-order valence-electron chi connectivity index (χ1n) is 12.5. The second-order valence-electron chi connectivity index (χ2n) is 11.2. The molecule has 188 valence electrons. The van der Waals surface area contributed by atoms with Gasteiger partial charge in [0.1, 0.15) is 5.82 Å². The molecule has 34 heavy (non-hydrogen) atoms. The maximum atomic E-state index is 15.6. The molecule has 1 aromatic rings. The molecule has 0 saturated carbocycles. The molecule has 1 atom stereocenters. The first-order valence-corrected chi connectivity index (χ1v) is 12.5. The zero-order valence-electron chi connectivity index (χ0n) is 20.5. The van der Waals surface area contributed by atoms with Crippen LogP contribution in [0.25, 0.3) is 0 Å². The quantitative estimate of drug-likeness (QED) is 0.709. The molecule has 1 aromatic carbocycles. The number of carboxylic acids is 1. The predicted octanol–water partition coefficient (Wildman–Crippen LogP) is 4.05. The number of carboxylic acid groups (broad SMARTS) is 1. The van der Waals surface area contributed by atoms with Crippen molar-refractivity contribution in [1.29, 1.82) is 0 Å². The minimum Gasteiger partial charge on any atom is -0.481 e. The third-order valence-corrected chi connectivity index (χ3v) is 7.95. The largest absolute Gasteiger partial charge is 0.481 e. The van der Waals surface area contributed by atoms with Gasteiger partial charge in [-0.25, -0.2) is 8.78 Å². The van der Waals surface area contributed by atoms with Crippen LogP contribution in [0.1, 0.15) is 64.4 Å². The number of nitrogens with zero attached hydrogens (tertiary/aromatic N) is 3. The number of benzene rings is 1. The summed E-state index contributed by atoms with van der Waals surface area (Å²) in [6.07, 6.45) is 2.73. The van der Waals surface area contributed by atoms with Crippen molar-refractivity contribution in [2.24, 2.45) is 5.92 Å². The number of hydrogen-bond donors (Lipinski definition) is 1. The summed E-state index contributed by atoms with van der Waals surface area (Å²) in [5.74, 6) is -1.67. The molecule has 0 aromatic heterocycles. The van der Waals surface area contributed by atoms with E-state index >= 15 is 4.39 Å². The van der Waals surface area contributed by atoms with Crippen LogP contribution in [0, 0.1) is 11.7 Å². The lowest BCUT2D eigenvalue weighted by Crippen LogP contribution is -2.51. The van der Waals surface area contributed by atoms with E-state index in [0.29, 0.717) is 58.4 Å². The van der Waals surface area contributed by atoms with Gasteiger partial charge in [-0.3, -0.25) is 14.5 Å². The van der Waals surface area contributed by atoms with E-state index in [2.05, 4.69) is 4.90 Å². The van der Waals surface area contributed by atoms with E-state index in [-0.39, 0.29) is 36.2 Å². The Morgan fingerprint density at radius 3 is 2.24 bits per heavy atom. The summed E-state index contributed by atoms with van der Waals surface area (Å²) in [7, 11) is 0. The summed E-state index contributed by atoms with van der Waals surface area (Å²) in [6.45, 7) is 8.99. The fourth-order valence-corrected chi connectivity index (χ4v) is 5.70. The Labute approximate surface area is 200 Å². The first-order chi connectivity index (χ1) is 16.0. The lowest BCUT2D eigenvalue weighted by atomic mass is 9.86. The summed E-state index contributed by atoms with van der Waals surface area (Å²) in [5, 5.41) is 9.28. The van der Waals surface area contributed by atoms with Gasteiger partial charge in [0.15, 0.2) is 0 Å². The van der Waals surface area contributed by atoms with Crippen molar-refractivity contribution in [3.05, 3.63) is 29.6 Å². The van der Waals surface area contributed by atoms with Crippen molar-refractivity contribution in [3.63, 3.8) is 0 Å². The smallest absolute Gasteiger partial charge is 0.306 e. The van der Waals surface area contributed by atoms with E-state index < -0.39 is 17.5 Å². The zero-order valence-corrected chi connectivity index (χ0v) is 20.5. The van der Waals surface area contributed by atoms with Crippen LogP contribution in [0.15, 0.2) is 18.2 Å². The molecule has 6 nitrogen and oxygen atoms in total. The van der Waals surface area contributed by atoms with Gasteiger partial charge in [-0.1, -0.05) is 6.07 Å². The number of halogens is 2. The molecule has 8 heteroatoms. The Bertz CT molecular complexity index is 918. The topological polar surface area (TPSA) is 64.1 Å². The summed E-state index contributed by atoms with van der Waals surface area (Å²) >= 11 is 0. The number of hydrogen-bond acceptors (Lipinski definition) is 4. The average molecular weight is 478 g/mol. The molecule has 3 saturated heterocycles. The van der Waals surface area contributed by atoms with Gasteiger partial charge in [0, 0.05) is 56.9 Å². The fourth-order valence-electron chi connectivity index (χ4n) is 5.70. The highest BCUT2D eigenvalue weighted by Gasteiger charge is 2.49. The van der Waals surface area contributed by atoms with E-state index in [0.717, 1.165) is 11.3 Å². The summed E-state index contributed by atoms with van der Waals surface area (Å²) < 4.78 is 29.8. The third kappa shape index (κ3) is 5.07. The summed E-state index contributed by atoms with van der Waals surface area (Å²) in [4.78, 5) is 30.2. The molecule has 4 rings (SSSR count). The molecular weight excluding hydrogens is 440 g/mol. The van der Waals surface area contributed by atoms with Gasteiger partial charge in [0.25, 0.3) is 5.91 Å². The minimum atomic E-state index is -1.82. The van der Waals surface area contributed by atoms with Gasteiger partial charge in [-0.05, 0) is 70.1 Å². The average Bonchev–Trinajstić information content (AvgIpc) is 3.23. The molecule has 3 aliphatic heterocycles. The lowest BCUT2D eigenvalue weighted by Gasteiger charge is -2.38. The summed E-state index contributed by atoms with van der Waals surface area (Å²) in [5.41, 5.74) is -0.126. The van der Waals surface area contributed by atoms with Gasteiger partial charge in [0.2, 0.25) is 5.67 Å². The molecule has 3 fully saturated rings. The van der Waals surface area contributed by atoms with Crippen LogP contribution < -0.4 is 4.90 Å². The molecule has 3 heterocycles. The van der Waals surface area contributed by atoms with Crippen LogP contribution in [0.2, 0.25) is 0 Å². The van der Waals surface area contributed by atoms with E-state index in [1.807, 2.05) is 31.7 Å². The van der Waals surface area contributed by atoms with Gasteiger partial charge >= 0.3 is 5.97 Å². The normalized spacial score (nSPS) is 25.7. The third-order valence-electron chi connectivity index (χ3n) is 7.95. The minimum absolute atomic E-state index is 0.143. The Morgan fingerprint density at radius 2 is 1.68 bits per heavy atom. The van der Waals surface area contributed by atoms with Crippen molar-refractivity contribution in [1.82, 2.24) is 9.80 Å². The fraction of sp³-hybridized carbons (Fsp3) is 0.692. The van der Waals surface area contributed by atoms with Crippen LogP contribution >= 0.6 is 0 Å². The molecule has 0 spiro atoms. The maximum Gasteiger partial charge on any atom is 0.306 e. The molecule has 1 amide bonds. The molecular formula is C26H37F2N3O3. The number of aliphatic carboxylic acids is 1. The SMILES string of the molecule is CC(C)(C)N1CC[C@](F)(C(=O)N2CCC(c3ccc(F)cc3N3CCC(C(=O)O)CC3)CC2)C1. The van der Waals surface area contributed by atoms with Crippen molar-refractivity contribution in [2.75, 3.05) is 44.2 Å². The van der Waals surface area contributed by atoms with Crippen molar-refractivity contribution in [3.8, 4) is 0 Å². The Kier molecular flexibility index (Phi) is 6.91. The summed E-state index contributed by atoms with van der Waals surface area (Å²) in [6, 6.07) is 4.84. The number of amides is 1. The first kappa shape index (κ1) is 24.9. The van der Waals surface area contributed by atoms with E-state index in [1.165, 1.54) is 6.07 Å². The van der Waals surface area contributed by atoms with Crippen LogP contribution in [0.4, 0.5) is 14.5 Å². The molecule has 1 N–H and O–H groups in total. The Morgan fingerprint density at radius 1 is 1.03 bits per heavy atom. The van der Waals surface area contributed by atoms with Gasteiger partial charge in [-0.15, -0.1) is 0 Å². The zero-order chi connectivity index (χ0) is 24.7. The number of likely N-dealkylation sites (tertiary alicyclic amines) is 2. The van der Waals surface area contributed by atoms with Gasteiger partial charge in [0.05, 0.1) is 5.92 Å².